The highest BCUT2D eigenvalue weighted by molar-refractivity contribution is 5.86. The van der Waals surface area contributed by atoms with Crippen molar-refractivity contribution in [3.05, 3.63) is 78.4 Å². The molecule has 6 heteroatoms. The Bertz CT molecular complexity index is 1280. The van der Waals surface area contributed by atoms with Gasteiger partial charge in [-0.15, -0.1) is 0 Å². The Morgan fingerprint density at radius 1 is 0.964 bits per heavy atom. The van der Waals surface area contributed by atoms with Crippen LogP contribution in [0.1, 0.15) is 11.1 Å². The standard InChI is InChI=1S/C22H18N6/c1-14-6-5-9-16-10-17(19(28-18(14)16)15-7-3-2-4-8-15)11-23-21-20-22(25-12-24-20)27-13-26-21/h2-10,12-13H,11H2,1H3,(H2,23,24,25,26,27). The molecule has 0 fully saturated rings. The highest BCUT2D eigenvalue weighted by Gasteiger charge is 2.12. The summed E-state index contributed by atoms with van der Waals surface area (Å²) in [4.78, 5) is 20.8. The molecule has 2 N–H and O–H groups in total. The number of nitrogens with one attached hydrogen (secondary N) is 2. The highest BCUT2D eigenvalue weighted by atomic mass is 15.1. The SMILES string of the molecule is Cc1cccc2cc(CNc3ncnc4nc[nH]c34)c(-c3ccccc3)nc12. The van der Waals surface area contributed by atoms with Gasteiger partial charge in [0.2, 0.25) is 0 Å². The van der Waals surface area contributed by atoms with Gasteiger partial charge in [0, 0.05) is 17.5 Å². The zero-order valence-corrected chi connectivity index (χ0v) is 15.3. The number of aryl methyl sites for hydroxylation is 1. The molecule has 136 valence electrons. The second kappa shape index (κ2) is 6.74. The Labute approximate surface area is 161 Å². The number of aromatic amines is 1. The molecule has 0 saturated carbocycles. The predicted octanol–water partition coefficient (Wildman–Crippen LogP) is 4.49. The molecule has 5 aromatic rings. The molecule has 3 heterocycles. The van der Waals surface area contributed by atoms with Crippen LogP contribution in [0.25, 0.3) is 33.3 Å². The molecule has 5 rings (SSSR count). The van der Waals surface area contributed by atoms with Crippen LogP contribution in [-0.4, -0.2) is 24.9 Å². The highest BCUT2D eigenvalue weighted by Crippen LogP contribution is 2.28. The normalized spacial score (nSPS) is 11.2. The molecule has 0 aliphatic carbocycles. The summed E-state index contributed by atoms with van der Waals surface area (Å²) in [5, 5.41) is 4.55. The summed E-state index contributed by atoms with van der Waals surface area (Å²) in [6.07, 6.45) is 3.14. The van der Waals surface area contributed by atoms with Crippen LogP contribution in [0.3, 0.4) is 0 Å². The van der Waals surface area contributed by atoms with E-state index in [2.05, 4.69) is 68.6 Å². The maximum absolute atomic E-state index is 5.02. The molecule has 0 bridgehead atoms. The van der Waals surface area contributed by atoms with Gasteiger partial charge in [-0.2, -0.15) is 0 Å². The van der Waals surface area contributed by atoms with E-state index in [1.54, 1.807) is 6.33 Å². The molecule has 0 unspecified atom stereocenters. The van der Waals surface area contributed by atoms with Gasteiger partial charge >= 0.3 is 0 Å². The fourth-order valence-electron chi connectivity index (χ4n) is 3.45. The fraction of sp³-hybridized carbons (Fsp3) is 0.0909. The average molecular weight is 366 g/mol. The monoisotopic (exact) mass is 366 g/mol. The summed E-state index contributed by atoms with van der Waals surface area (Å²) in [5.41, 5.74) is 6.83. The van der Waals surface area contributed by atoms with Crippen molar-refractivity contribution in [1.29, 1.82) is 0 Å². The number of imidazole rings is 1. The van der Waals surface area contributed by atoms with Crippen molar-refractivity contribution in [2.45, 2.75) is 13.5 Å². The molecule has 0 radical (unpaired) electrons. The second-order valence-corrected chi connectivity index (χ2v) is 6.69. The molecule has 28 heavy (non-hydrogen) atoms. The van der Waals surface area contributed by atoms with Gasteiger partial charge in [0.05, 0.1) is 17.5 Å². The Kier molecular flexibility index (Phi) is 3.94. The third-order valence-corrected chi connectivity index (χ3v) is 4.84. The van der Waals surface area contributed by atoms with Crippen LogP contribution in [0.4, 0.5) is 5.82 Å². The van der Waals surface area contributed by atoms with E-state index in [1.165, 1.54) is 11.9 Å². The summed E-state index contributed by atoms with van der Waals surface area (Å²) in [6.45, 7) is 2.68. The number of fused-ring (bicyclic) bond motifs is 2. The van der Waals surface area contributed by atoms with E-state index >= 15 is 0 Å². The minimum absolute atomic E-state index is 0.590. The molecule has 0 saturated heterocycles. The summed E-state index contributed by atoms with van der Waals surface area (Å²) in [5.74, 6) is 0.728. The third kappa shape index (κ3) is 2.85. The molecule has 0 amide bonds. The number of rotatable bonds is 4. The molecule has 0 spiro atoms. The zero-order chi connectivity index (χ0) is 18.9. The van der Waals surface area contributed by atoms with Crippen molar-refractivity contribution in [3.63, 3.8) is 0 Å². The summed E-state index contributed by atoms with van der Waals surface area (Å²) in [7, 11) is 0. The van der Waals surface area contributed by atoms with Gasteiger partial charge in [-0.25, -0.2) is 19.9 Å². The lowest BCUT2D eigenvalue weighted by Gasteiger charge is -2.13. The van der Waals surface area contributed by atoms with E-state index in [9.17, 15) is 0 Å². The quantitative estimate of drug-likeness (QED) is 0.490. The Morgan fingerprint density at radius 3 is 2.75 bits per heavy atom. The molecular formula is C22H18N6. The first-order valence-corrected chi connectivity index (χ1v) is 9.12. The van der Waals surface area contributed by atoms with Crippen LogP contribution >= 0.6 is 0 Å². The lowest BCUT2D eigenvalue weighted by atomic mass is 10.0. The van der Waals surface area contributed by atoms with E-state index < -0.39 is 0 Å². The average Bonchev–Trinajstić information content (AvgIpc) is 3.22. The number of benzene rings is 2. The Balaban J connectivity index is 1.60. The smallest absolute Gasteiger partial charge is 0.182 e. The largest absolute Gasteiger partial charge is 0.364 e. The topological polar surface area (TPSA) is 79.4 Å². The molecule has 2 aromatic carbocycles. The number of para-hydroxylation sites is 1. The molecule has 0 aliphatic rings. The van der Waals surface area contributed by atoms with Crippen LogP contribution in [0.15, 0.2) is 67.3 Å². The number of nitrogens with zero attached hydrogens (tertiary/aromatic N) is 4. The fourth-order valence-corrected chi connectivity index (χ4v) is 3.45. The minimum atomic E-state index is 0.590. The van der Waals surface area contributed by atoms with Gasteiger partial charge in [0.15, 0.2) is 11.5 Å². The van der Waals surface area contributed by atoms with Gasteiger partial charge in [-0.3, -0.25) is 0 Å². The first-order valence-electron chi connectivity index (χ1n) is 9.12. The first kappa shape index (κ1) is 16.4. The van der Waals surface area contributed by atoms with Crippen LogP contribution in [0.2, 0.25) is 0 Å². The number of H-pyrrole nitrogens is 1. The van der Waals surface area contributed by atoms with E-state index in [-0.39, 0.29) is 0 Å². The molecule has 0 atom stereocenters. The van der Waals surface area contributed by atoms with Crippen LogP contribution in [0, 0.1) is 6.92 Å². The lowest BCUT2D eigenvalue weighted by molar-refractivity contribution is 1.09. The van der Waals surface area contributed by atoms with E-state index in [4.69, 9.17) is 4.98 Å². The number of hydrogen-bond donors (Lipinski definition) is 2. The number of hydrogen-bond acceptors (Lipinski definition) is 5. The number of aromatic nitrogens is 5. The third-order valence-electron chi connectivity index (χ3n) is 4.84. The van der Waals surface area contributed by atoms with Crippen LogP contribution in [0.5, 0.6) is 0 Å². The molecule has 3 aromatic heterocycles. The van der Waals surface area contributed by atoms with Gasteiger partial charge in [-0.05, 0) is 24.1 Å². The van der Waals surface area contributed by atoms with Crippen LogP contribution in [-0.2, 0) is 6.54 Å². The number of anilines is 1. The van der Waals surface area contributed by atoms with Crippen molar-refractivity contribution in [3.8, 4) is 11.3 Å². The molecule has 0 aliphatic heterocycles. The van der Waals surface area contributed by atoms with Crippen molar-refractivity contribution in [2.24, 2.45) is 0 Å². The van der Waals surface area contributed by atoms with E-state index in [0.29, 0.717) is 12.2 Å². The van der Waals surface area contributed by atoms with Crippen molar-refractivity contribution in [2.75, 3.05) is 5.32 Å². The lowest BCUT2D eigenvalue weighted by Crippen LogP contribution is -2.05. The van der Waals surface area contributed by atoms with Gasteiger partial charge in [0.25, 0.3) is 0 Å². The van der Waals surface area contributed by atoms with Crippen molar-refractivity contribution >= 4 is 27.9 Å². The summed E-state index contributed by atoms with van der Waals surface area (Å²) in [6, 6.07) is 18.7. The minimum Gasteiger partial charge on any atom is -0.364 e. The van der Waals surface area contributed by atoms with Gasteiger partial charge in [0.1, 0.15) is 11.8 Å². The second-order valence-electron chi connectivity index (χ2n) is 6.69. The van der Waals surface area contributed by atoms with E-state index in [0.717, 1.165) is 39.1 Å². The Hall–Kier alpha value is -3.80. The predicted molar refractivity (Wildman–Crippen MR) is 111 cm³/mol. The van der Waals surface area contributed by atoms with Crippen LogP contribution < -0.4 is 5.32 Å². The molecular weight excluding hydrogens is 348 g/mol. The molecule has 6 nitrogen and oxygen atoms in total. The van der Waals surface area contributed by atoms with Gasteiger partial charge in [-0.1, -0.05) is 48.5 Å². The summed E-state index contributed by atoms with van der Waals surface area (Å²) >= 11 is 0. The van der Waals surface area contributed by atoms with E-state index in [1.807, 2.05) is 18.2 Å². The maximum atomic E-state index is 5.02. The zero-order valence-electron chi connectivity index (χ0n) is 15.3. The Morgan fingerprint density at radius 2 is 1.86 bits per heavy atom. The maximum Gasteiger partial charge on any atom is 0.182 e. The summed E-state index contributed by atoms with van der Waals surface area (Å²) < 4.78 is 0. The first-order chi connectivity index (χ1) is 13.8. The number of pyridine rings is 1. The van der Waals surface area contributed by atoms with Crippen molar-refractivity contribution < 1.29 is 0 Å². The van der Waals surface area contributed by atoms with Gasteiger partial charge < -0.3 is 10.3 Å². The van der Waals surface area contributed by atoms with Crippen molar-refractivity contribution in [1.82, 2.24) is 24.9 Å².